The monoisotopic (exact) mass is 276 g/mol. The molecule has 113 valence electrons. The molecule has 0 amide bonds. The van der Waals surface area contributed by atoms with Crippen LogP contribution in [0.4, 0.5) is 0 Å². The number of nitrogens with zero attached hydrogens (tertiary/aromatic N) is 1. The first-order valence-corrected chi connectivity index (χ1v) is 8.76. The Balaban J connectivity index is 1.73. The van der Waals surface area contributed by atoms with Crippen LogP contribution in [0.15, 0.2) is 0 Å². The van der Waals surface area contributed by atoms with Crippen LogP contribution < -0.4 is 0 Å². The highest BCUT2D eigenvalue weighted by atomic mass is 16.5. The molecule has 0 bridgehead atoms. The predicted octanol–water partition coefficient (Wildman–Crippen LogP) is 3.75. The summed E-state index contributed by atoms with van der Waals surface area (Å²) in [4.78, 5) is 2.70. The summed E-state index contributed by atoms with van der Waals surface area (Å²) in [5.74, 6) is 0.910. The van der Waals surface area contributed by atoms with Gasteiger partial charge >= 0.3 is 0 Å². The molecule has 3 fully saturated rings. The number of rotatable bonds is 2. The summed E-state index contributed by atoms with van der Waals surface area (Å²) in [6.45, 7) is 6.64. The maximum atomic E-state index is 5.56. The van der Waals surface area contributed by atoms with Crippen LogP contribution >= 0.6 is 0 Å². The number of hydrogen-bond acceptors (Lipinski definition) is 2. The van der Waals surface area contributed by atoms with Crippen LogP contribution in [0.1, 0.15) is 58.3 Å². The Hall–Kier alpha value is -0.0151. The zero-order valence-electron chi connectivity index (χ0n) is 13.7. The van der Waals surface area contributed by atoms with Crippen molar-refractivity contribution in [1.82, 2.24) is 4.90 Å². The maximum absolute atomic E-state index is 5.56. The van der Waals surface area contributed by atoms with E-state index in [1.807, 2.05) is 0 Å². The minimum Gasteiger partial charge on any atom is -0.377 e. The van der Waals surface area contributed by atoms with Gasteiger partial charge < -0.3 is 4.74 Å². The second-order valence-electron chi connectivity index (χ2n) is 7.65. The van der Waals surface area contributed by atoms with Crippen molar-refractivity contribution >= 4 is 7.28 Å². The van der Waals surface area contributed by atoms with Crippen molar-refractivity contribution in [2.45, 2.75) is 82.0 Å². The topological polar surface area (TPSA) is 12.5 Å². The van der Waals surface area contributed by atoms with Crippen molar-refractivity contribution < 1.29 is 4.74 Å². The summed E-state index contributed by atoms with van der Waals surface area (Å²) in [6.07, 6.45) is 11.2. The summed E-state index contributed by atoms with van der Waals surface area (Å²) >= 11 is 0. The molecule has 2 aliphatic heterocycles. The molecular formula is C17H31BNO. The molecule has 3 atom stereocenters. The fourth-order valence-electron chi connectivity index (χ4n) is 5.09. The van der Waals surface area contributed by atoms with Crippen molar-refractivity contribution in [3.63, 3.8) is 0 Å². The van der Waals surface area contributed by atoms with Crippen LogP contribution in [0.3, 0.4) is 0 Å². The molecule has 2 nitrogen and oxygen atoms in total. The van der Waals surface area contributed by atoms with Gasteiger partial charge in [0.1, 0.15) is 7.28 Å². The second kappa shape index (κ2) is 5.64. The van der Waals surface area contributed by atoms with E-state index < -0.39 is 0 Å². The van der Waals surface area contributed by atoms with Crippen molar-refractivity contribution in [2.24, 2.45) is 5.92 Å². The average Bonchev–Trinajstić information content (AvgIpc) is 2.75. The average molecular weight is 276 g/mol. The van der Waals surface area contributed by atoms with E-state index >= 15 is 0 Å². The molecule has 0 N–H and O–H groups in total. The van der Waals surface area contributed by atoms with Gasteiger partial charge in [-0.15, -0.1) is 0 Å². The van der Waals surface area contributed by atoms with Gasteiger partial charge in [-0.25, -0.2) is 0 Å². The van der Waals surface area contributed by atoms with Crippen LogP contribution in [0.25, 0.3) is 0 Å². The van der Waals surface area contributed by atoms with Gasteiger partial charge in [0.05, 0.1) is 18.8 Å². The van der Waals surface area contributed by atoms with Gasteiger partial charge in [0.25, 0.3) is 0 Å². The van der Waals surface area contributed by atoms with E-state index in [0.29, 0.717) is 10.9 Å². The summed E-state index contributed by atoms with van der Waals surface area (Å²) in [7, 11) is 4.89. The molecule has 1 spiro atoms. The van der Waals surface area contributed by atoms with Gasteiger partial charge in [-0.2, -0.15) is 0 Å². The van der Waals surface area contributed by atoms with Crippen LogP contribution in [-0.4, -0.2) is 44.0 Å². The Morgan fingerprint density at radius 3 is 2.60 bits per heavy atom. The third-order valence-corrected chi connectivity index (χ3v) is 6.93. The molecule has 0 aromatic rings. The van der Waals surface area contributed by atoms with E-state index in [9.17, 15) is 0 Å². The van der Waals surface area contributed by atoms with E-state index in [2.05, 4.69) is 33.0 Å². The summed E-state index contributed by atoms with van der Waals surface area (Å²) in [5.41, 5.74) is 0.416. The number of ether oxygens (including phenoxy) is 1. The van der Waals surface area contributed by atoms with E-state index in [-0.39, 0.29) is 0 Å². The normalized spacial score (nSPS) is 41.4. The fraction of sp³-hybridized carbons (Fsp3) is 1.00. The van der Waals surface area contributed by atoms with Crippen LogP contribution in [-0.2, 0) is 4.74 Å². The predicted molar refractivity (Wildman–Crippen MR) is 85.5 cm³/mol. The highest BCUT2D eigenvalue weighted by molar-refractivity contribution is 6.38. The van der Waals surface area contributed by atoms with Crippen LogP contribution in [0, 0.1) is 5.92 Å². The Morgan fingerprint density at radius 2 is 2.00 bits per heavy atom. The molecule has 3 aliphatic rings. The van der Waals surface area contributed by atoms with Crippen LogP contribution in [0.5, 0.6) is 0 Å². The van der Waals surface area contributed by atoms with E-state index in [4.69, 9.17) is 4.74 Å². The zero-order valence-corrected chi connectivity index (χ0v) is 13.7. The maximum Gasteiger partial charge on any atom is 0.114 e. The van der Waals surface area contributed by atoms with Crippen LogP contribution in [0.2, 0.25) is 12.1 Å². The lowest BCUT2D eigenvalue weighted by molar-refractivity contribution is -0.122. The van der Waals surface area contributed by atoms with Gasteiger partial charge in [-0.1, -0.05) is 51.2 Å². The molecule has 1 aliphatic carbocycles. The quantitative estimate of drug-likeness (QED) is 0.712. The Labute approximate surface area is 125 Å². The standard InChI is InChI=1S/C17H31BNO/c1-4-16(18-2)9-6-5-7-15-14(8-10-16)11-17(19(15)3)12-20-13-17/h14-15H,4-13H2,1-3H3/t14-,15?,16?/m1/s1. The molecule has 20 heavy (non-hydrogen) atoms. The molecule has 0 aromatic heterocycles. The number of likely N-dealkylation sites (tertiary alicyclic amines) is 1. The molecule has 2 heterocycles. The number of fused-ring (bicyclic) bond motifs is 1. The lowest BCUT2D eigenvalue weighted by Gasteiger charge is -2.45. The molecule has 0 aromatic carbocycles. The van der Waals surface area contributed by atoms with Gasteiger partial charge in [0, 0.05) is 6.04 Å². The third-order valence-electron chi connectivity index (χ3n) is 6.93. The SMILES string of the molecule is C[B]C1(CC)CCCCC2[C@H](CC1)CC1(COC1)N2C. The highest BCUT2D eigenvalue weighted by Crippen LogP contribution is 2.50. The smallest absolute Gasteiger partial charge is 0.114 e. The van der Waals surface area contributed by atoms with Gasteiger partial charge in [-0.3, -0.25) is 4.90 Å². The van der Waals surface area contributed by atoms with Crippen molar-refractivity contribution in [2.75, 3.05) is 20.3 Å². The Bertz CT molecular complexity index is 338. The fourth-order valence-corrected chi connectivity index (χ4v) is 5.09. The van der Waals surface area contributed by atoms with Crippen molar-refractivity contribution in [1.29, 1.82) is 0 Å². The third kappa shape index (κ3) is 2.35. The molecule has 2 saturated heterocycles. The molecule has 1 saturated carbocycles. The lowest BCUT2D eigenvalue weighted by atomic mass is 9.48. The van der Waals surface area contributed by atoms with Gasteiger partial charge in [-0.05, 0) is 32.2 Å². The number of likely N-dealkylation sites (N-methyl/N-ethyl adjacent to an activating group) is 1. The molecule has 2 unspecified atom stereocenters. The van der Waals surface area contributed by atoms with E-state index in [1.54, 1.807) is 0 Å². The molecule has 3 rings (SSSR count). The zero-order chi connectivity index (χ0) is 14.2. The minimum absolute atomic E-state index is 0.416. The minimum atomic E-state index is 0.416. The van der Waals surface area contributed by atoms with Crippen molar-refractivity contribution in [3.05, 3.63) is 0 Å². The first-order chi connectivity index (χ1) is 9.65. The van der Waals surface area contributed by atoms with Gasteiger partial charge in [0.2, 0.25) is 0 Å². The van der Waals surface area contributed by atoms with E-state index in [0.717, 1.165) is 25.2 Å². The Kier molecular flexibility index (Phi) is 4.21. The molecule has 1 radical (unpaired) electrons. The Morgan fingerprint density at radius 1 is 1.20 bits per heavy atom. The summed E-state index contributed by atoms with van der Waals surface area (Å²) in [5, 5.41) is 0.527. The summed E-state index contributed by atoms with van der Waals surface area (Å²) < 4.78 is 5.56. The lowest BCUT2D eigenvalue weighted by Crippen LogP contribution is -2.58. The van der Waals surface area contributed by atoms with E-state index in [1.165, 1.54) is 51.4 Å². The largest absolute Gasteiger partial charge is 0.377 e. The highest BCUT2D eigenvalue weighted by Gasteiger charge is 2.53. The molecular weight excluding hydrogens is 245 g/mol. The number of hydrogen-bond donors (Lipinski definition) is 0. The van der Waals surface area contributed by atoms with Gasteiger partial charge in [0.15, 0.2) is 0 Å². The summed E-state index contributed by atoms with van der Waals surface area (Å²) in [6, 6.07) is 0.823. The second-order valence-corrected chi connectivity index (χ2v) is 7.65. The first kappa shape index (κ1) is 14.9. The van der Waals surface area contributed by atoms with Crippen molar-refractivity contribution in [3.8, 4) is 0 Å². The molecule has 3 heteroatoms. The first-order valence-electron chi connectivity index (χ1n) is 8.76.